The van der Waals surface area contributed by atoms with Crippen molar-refractivity contribution in [3.05, 3.63) is 54.1 Å². The van der Waals surface area contributed by atoms with E-state index in [-0.39, 0.29) is 31.0 Å². The second-order valence-electron chi connectivity index (χ2n) is 9.45. The van der Waals surface area contributed by atoms with Crippen molar-refractivity contribution in [1.29, 1.82) is 0 Å². The average Bonchev–Trinajstić information content (AvgIpc) is 3.04. The van der Waals surface area contributed by atoms with E-state index in [0.717, 1.165) is 44.1 Å². The van der Waals surface area contributed by atoms with Gasteiger partial charge in [0, 0.05) is 30.1 Å². The molecule has 4 rings (SSSR count). The molecule has 3 aliphatic rings. The Morgan fingerprint density at radius 1 is 1.18 bits per heavy atom. The van der Waals surface area contributed by atoms with E-state index in [9.17, 15) is 19.8 Å². The van der Waals surface area contributed by atoms with E-state index in [0.29, 0.717) is 24.2 Å². The van der Waals surface area contributed by atoms with Gasteiger partial charge in [-0.15, -0.1) is 6.58 Å². The van der Waals surface area contributed by atoms with Gasteiger partial charge in [0.05, 0.1) is 18.6 Å². The molecule has 3 N–H and O–H groups in total. The summed E-state index contributed by atoms with van der Waals surface area (Å²) in [5.41, 5.74) is 1.34. The largest absolute Gasteiger partial charge is 0.486 e. The zero-order valence-electron chi connectivity index (χ0n) is 19.7. The normalized spacial score (nSPS) is 26.4. The van der Waals surface area contributed by atoms with Crippen molar-refractivity contribution in [1.82, 2.24) is 10.2 Å². The van der Waals surface area contributed by atoms with E-state index in [1.807, 2.05) is 29.2 Å². The van der Waals surface area contributed by atoms with Crippen LogP contribution in [0.15, 0.2) is 48.6 Å². The van der Waals surface area contributed by atoms with E-state index in [1.165, 1.54) is 0 Å². The van der Waals surface area contributed by atoms with Gasteiger partial charge in [0.1, 0.15) is 18.0 Å². The highest BCUT2D eigenvalue weighted by atomic mass is 16.5. The second-order valence-corrected chi connectivity index (χ2v) is 9.45. The van der Waals surface area contributed by atoms with Gasteiger partial charge in [0.2, 0.25) is 11.8 Å². The zero-order chi connectivity index (χ0) is 24.1. The predicted molar refractivity (Wildman–Crippen MR) is 129 cm³/mol. The van der Waals surface area contributed by atoms with Crippen LogP contribution in [0.4, 0.5) is 0 Å². The van der Waals surface area contributed by atoms with Crippen LogP contribution in [-0.2, 0) is 9.59 Å². The molecule has 0 bridgehead atoms. The van der Waals surface area contributed by atoms with Gasteiger partial charge in [0.25, 0.3) is 0 Å². The third-order valence-corrected chi connectivity index (χ3v) is 7.27. The Hall–Kier alpha value is -2.64. The maximum absolute atomic E-state index is 13.5. The Morgan fingerprint density at radius 2 is 1.91 bits per heavy atom. The molecular weight excluding hydrogens is 432 g/mol. The number of benzene rings is 1. The van der Waals surface area contributed by atoms with E-state index in [1.54, 1.807) is 12.2 Å². The molecule has 1 aromatic rings. The van der Waals surface area contributed by atoms with Crippen molar-refractivity contribution in [3.8, 4) is 5.75 Å². The topological polar surface area (TPSA) is 99.1 Å². The van der Waals surface area contributed by atoms with E-state index >= 15 is 0 Å². The number of carbonyl (C=O) groups is 2. The lowest BCUT2D eigenvalue weighted by atomic mass is 9.77. The Morgan fingerprint density at radius 3 is 2.62 bits per heavy atom. The molecule has 1 heterocycles. The number of rotatable bonds is 8. The van der Waals surface area contributed by atoms with Gasteiger partial charge in [-0.25, -0.2) is 0 Å². The molecule has 34 heavy (non-hydrogen) atoms. The molecule has 7 heteroatoms. The molecule has 0 radical (unpaired) electrons. The summed E-state index contributed by atoms with van der Waals surface area (Å²) in [6.45, 7) is 3.72. The molecule has 0 spiro atoms. The number of aliphatic hydroxyl groups excluding tert-OH is 2. The number of fused-ring (bicyclic) bond motifs is 3. The number of nitrogens with one attached hydrogen (secondary N) is 1. The van der Waals surface area contributed by atoms with Crippen molar-refractivity contribution in [2.75, 3.05) is 13.2 Å². The van der Waals surface area contributed by atoms with Gasteiger partial charge in [0.15, 0.2) is 0 Å². The molecule has 7 nitrogen and oxygen atoms in total. The van der Waals surface area contributed by atoms with Crippen LogP contribution in [0.25, 0.3) is 0 Å². The smallest absolute Gasteiger partial charge is 0.247 e. The van der Waals surface area contributed by atoms with Crippen molar-refractivity contribution >= 4 is 11.8 Å². The van der Waals surface area contributed by atoms with Gasteiger partial charge in [-0.1, -0.05) is 50.0 Å². The second kappa shape index (κ2) is 11.2. The molecule has 2 aliphatic carbocycles. The Kier molecular flexibility index (Phi) is 8.06. The minimum Gasteiger partial charge on any atom is -0.486 e. The van der Waals surface area contributed by atoms with E-state index in [4.69, 9.17) is 4.74 Å². The summed E-state index contributed by atoms with van der Waals surface area (Å²) < 4.78 is 6.19. The minimum absolute atomic E-state index is 0.0118. The van der Waals surface area contributed by atoms with Gasteiger partial charge in [-0.2, -0.15) is 0 Å². The van der Waals surface area contributed by atoms with Crippen LogP contribution in [0.1, 0.15) is 62.8 Å². The minimum atomic E-state index is -0.970. The number of amides is 2. The third-order valence-electron chi connectivity index (χ3n) is 7.27. The highest BCUT2D eigenvalue weighted by Crippen LogP contribution is 2.47. The number of aliphatic hydroxyl groups is 2. The van der Waals surface area contributed by atoms with Crippen molar-refractivity contribution in [3.63, 3.8) is 0 Å². The van der Waals surface area contributed by atoms with Crippen LogP contribution in [0.3, 0.4) is 0 Å². The van der Waals surface area contributed by atoms with Crippen LogP contribution in [0, 0.1) is 0 Å². The predicted octanol–water partition coefficient (Wildman–Crippen LogP) is 2.83. The summed E-state index contributed by atoms with van der Waals surface area (Å²) >= 11 is 0. The fraction of sp³-hybridized carbons (Fsp3) is 0.556. The maximum atomic E-state index is 13.5. The summed E-state index contributed by atoms with van der Waals surface area (Å²) in [7, 11) is 0. The number of hydrogen-bond acceptors (Lipinski definition) is 5. The summed E-state index contributed by atoms with van der Waals surface area (Å²) in [5, 5.41) is 23.6. The van der Waals surface area contributed by atoms with Crippen molar-refractivity contribution in [2.45, 2.75) is 81.6 Å². The molecule has 1 fully saturated rings. The van der Waals surface area contributed by atoms with Gasteiger partial charge in [-0.3, -0.25) is 9.59 Å². The maximum Gasteiger partial charge on any atom is 0.247 e. The number of para-hydroxylation sites is 1. The van der Waals surface area contributed by atoms with Crippen LogP contribution >= 0.6 is 0 Å². The molecule has 0 aromatic heterocycles. The number of allylic oxidation sites excluding steroid dienone is 1. The van der Waals surface area contributed by atoms with Crippen molar-refractivity contribution < 1.29 is 24.5 Å². The molecule has 1 aromatic carbocycles. The lowest BCUT2D eigenvalue weighted by Gasteiger charge is -2.44. The molecule has 4 unspecified atom stereocenters. The monoisotopic (exact) mass is 468 g/mol. The molecular formula is C27H36N2O5. The van der Waals surface area contributed by atoms with Gasteiger partial charge >= 0.3 is 0 Å². The SMILES string of the molecule is C=CCCC(=O)N(C1CCCCCC1)C1C=C(C(=O)NCCO)C2c3ccccc3OC2C1O. The zero-order valence-corrected chi connectivity index (χ0v) is 19.7. The molecule has 0 saturated heterocycles. The third kappa shape index (κ3) is 4.91. The first-order valence-electron chi connectivity index (χ1n) is 12.5. The lowest BCUT2D eigenvalue weighted by Crippen LogP contribution is -2.58. The van der Waals surface area contributed by atoms with Crippen LogP contribution in [-0.4, -0.2) is 64.4 Å². The summed E-state index contributed by atoms with van der Waals surface area (Å²) in [6.07, 6.45) is 8.91. The lowest BCUT2D eigenvalue weighted by molar-refractivity contribution is -0.140. The number of ether oxygens (including phenoxy) is 1. The van der Waals surface area contributed by atoms with Crippen LogP contribution in [0.2, 0.25) is 0 Å². The summed E-state index contributed by atoms with van der Waals surface area (Å²) in [6, 6.07) is 6.87. The van der Waals surface area contributed by atoms with E-state index in [2.05, 4.69) is 11.9 Å². The number of hydrogen-bond donors (Lipinski definition) is 3. The molecule has 1 aliphatic heterocycles. The quantitative estimate of drug-likeness (QED) is 0.403. The number of nitrogens with zero attached hydrogens (tertiary/aromatic N) is 1. The first-order valence-corrected chi connectivity index (χ1v) is 12.5. The summed E-state index contributed by atoms with van der Waals surface area (Å²) in [5.74, 6) is -0.116. The van der Waals surface area contributed by atoms with Gasteiger partial charge < -0.3 is 25.2 Å². The standard InChI is InChI=1S/C27H36N2O5/c1-2-3-14-23(31)29(18-10-6-4-5-7-11-18)21-17-20(27(33)28-15-16-30)24-19-12-8-9-13-22(19)34-26(24)25(21)32/h2,8-9,12-13,17-18,21,24-26,30,32H,1,3-7,10-11,14-16H2,(H,28,33). The molecule has 4 atom stereocenters. The first kappa shape index (κ1) is 24.5. The van der Waals surface area contributed by atoms with Gasteiger partial charge in [-0.05, 0) is 31.4 Å². The van der Waals surface area contributed by atoms with Crippen molar-refractivity contribution in [2.24, 2.45) is 0 Å². The first-order chi connectivity index (χ1) is 16.6. The summed E-state index contributed by atoms with van der Waals surface area (Å²) in [4.78, 5) is 28.5. The molecule has 1 saturated carbocycles. The molecule has 184 valence electrons. The number of carbonyl (C=O) groups excluding carboxylic acids is 2. The Labute approximate surface area is 201 Å². The fourth-order valence-electron chi connectivity index (χ4n) is 5.67. The van der Waals surface area contributed by atoms with E-state index < -0.39 is 24.2 Å². The highest BCUT2D eigenvalue weighted by molar-refractivity contribution is 5.96. The average molecular weight is 469 g/mol. The Balaban J connectivity index is 1.74. The fourth-order valence-corrected chi connectivity index (χ4v) is 5.67. The van der Waals surface area contributed by atoms with Crippen LogP contribution in [0.5, 0.6) is 5.75 Å². The van der Waals surface area contributed by atoms with Crippen LogP contribution < -0.4 is 10.1 Å². The molecule has 2 amide bonds. The highest BCUT2D eigenvalue weighted by Gasteiger charge is 2.51. The Bertz CT molecular complexity index is 921.